The molecule has 0 unspecified atom stereocenters. The molecular formula is C16H36O8Si5-4. The lowest BCUT2D eigenvalue weighted by molar-refractivity contribution is 0.0479. The van der Waals surface area contributed by atoms with Gasteiger partial charge in [-0.25, -0.2) is 0 Å². The Labute approximate surface area is 188 Å². The van der Waals surface area contributed by atoms with Crippen molar-refractivity contribution in [2.75, 3.05) is 0 Å². The summed E-state index contributed by atoms with van der Waals surface area (Å²) in [5.74, 6) is 0. The third-order valence-corrected chi connectivity index (χ3v) is 10.2. The number of hydrogen-bond donors (Lipinski definition) is 0. The van der Waals surface area contributed by atoms with Gasteiger partial charge in [-0.2, -0.15) is 0 Å². The highest BCUT2D eigenvalue weighted by molar-refractivity contribution is 6.70. The number of hydrogen-bond acceptors (Lipinski definition) is 8. The molecule has 0 spiro atoms. The summed E-state index contributed by atoms with van der Waals surface area (Å²) in [5, 5.41) is 0. The summed E-state index contributed by atoms with van der Waals surface area (Å²) in [5.41, 5.74) is -1.51. The fourth-order valence-electron chi connectivity index (χ4n) is 0.912. The van der Waals surface area contributed by atoms with Crippen molar-refractivity contribution in [1.29, 1.82) is 0 Å². The van der Waals surface area contributed by atoms with Gasteiger partial charge in [-0.1, -0.05) is 0 Å². The van der Waals surface area contributed by atoms with E-state index in [1.807, 2.05) is 83.1 Å². The van der Waals surface area contributed by atoms with E-state index in [0.29, 0.717) is 0 Å². The first-order chi connectivity index (χ1) is 12.8. The van der Waals surface area contributed by atoms with Gasteiger partial charge in [0, 0.05) is 22.4 Å². The molecule has 0 heterocycles. The van der Waals surface area contributed by atoms with Crippen molar-refractivity contribution >= 4 is 49.1 Å². The highest BCUT2D eigenvalue weighted by Crippen LogP contribution is 2.17. The molecule has 0 aliphatic rings. The SMILES string of the molecule is CC(C)(C)O[Si-]O[Si](O[Si-]OC(C)(C)C)(O[Si-]OC(C)(C)C)O[Si-]OC(C)(C)C. The Balaban J connectivity index is 5.26. The molecule has 0 bridgehead atoms. The summed E-state index contributed by atoms with van der Waals surface area (Å²) in [6.45, 7) is 23.3. The van der Waals surface area contributed by atoms with Crippen molar-refractivity contribution in [1.82, 2.24) is 0 Å². The van der Waals surface area contributed by atoms with Gasteiger partial charge in [-0.3, -0.25) is 0 Å². The van der Waals surface area contributed by atoms with Crippen molar-refractivity contribution in [3.8, 4) is 0 Å². The first kappa shape index (κ1) is 29.8. The summed E-state index contributed by atoms with van der Waals surface area (Å²) in [6.07, 6.45) is 0. The van der Waals surface area contributed by atoms with E-state index in [0.717, 1.165) is 0 Å². The highest BCUT2D eigenvalue weighted by atomic mass is 28.5. The molecule has 0 aliphatic carbocycles. The fourth-order valence-corrected chi connectivity index (χ4v) is 7.46. The summed E-state index contributed by atoms with van der Waals surface area (Å²) < 4.78 is 46.5. The lowest BCUT2D eigenvalue weighted by atomic mass is 10.2. The predicted octanol–water partition coefficient (Wildman–Crippen LogP) is 2.89. The quantitative estimate of drug-likeness (QED) is 0.382. The van der Waals surface area contributed by atoms with Gasteiger partial charge in [-0.15, -0.1) is 40.0 Å². The Bertz CT molecular complexity index is 369. The number of rotatable bonds is 12. The van der Waals surface area contributed by atoms with Crippen LogP contribution in [0.15, 0.2) is 0 Å². The molecule has 172 valence electrons. The van der Waals surface area contributed by atoms with Crippen LogP contribution >= 0.6 is 0 Å². The lowest BCUT2D eigenvalue weighted by Crippen LogP contribution is -2.55. The maximum atomic E-state index is 5.91. The second-order valence-corrected chi connectivity index (χ2v) is 15.8. The maximum absolute atomic E-state index is 5.91. The molecule has 0 saturated carbocycles. The summed E-state index contributed by atoms with van der Waals surface area (Å²) in [4.78, 5) is 0. The monoisotopic (exact) mass is 496 g/mol. The van der Waals surface area contributed by atoms with Gasteiger partial charge in [0.1, 0.15) is 0 Å². The van der Waals surface area contributed by atoms with Gasteiger partial charge in [0.15, 0.2) is 0 Å². The molecule has 0 saturated heterocycles. The van der Waals surface area contributed by atoms with E-state index in [2.05, 4.69) is 0 Å². The Kier molecular flexibility index (Phi) is 12.4. The van der Waals surface area contributed by atoms with Gasteiger partial charge in [-0.05, 0) is 83.1 Å². The van der Waals surface area contributed by atoms with Gasteiger partial charge in [0.25, 0.3) is 0 Å². The second kappa shape index (κ2) is 12.1. The minimum absolute atomic E-state index is 0.338. The lowest BCUT2D eigenvalue weighted by Gasteiger charge is -2.52. The van der Waals surface area contributed by atoms with Gasteiger partial charge in [0.05, 0.1) is 0 Å². The molecule has 0 aromatic heterocycles. The minimum Gasteiger partial charge on any atom is -0.584 e. The van der Waals surface area contributed by atoms with Crippen LogP contribution in [-0.2, 0) is 34.2 Å². The van der Waals surface area contributed by atoms with Crippen LogP contribution in [0.3, 0.4) is 0 Å². The van der Waals surface area contributed by atoms with Crippen LogP contribution in [0.1, 0.15) is 83.1 Å². The van der Waals surface area contributed by atoms with E-state index >= 15 is 0 Å². The third-order valence-electron chi connectivity index (χ3n) is 2.06. The summed E-state index contributed by atoms with van der Waals surface area (Å²) in [6, 6.07) is 0. The predicted molar refractivity (Wildman–Crippen MR) is 116 cm³/mol. The maximum Gasteiger partial charge on any atom is 0.507 e. The van der Waals surface area contributed by atoms with E-state index in [4.69, 9.17) is 34.2 Å². The molecule has 13 heteroatoms. The first-order valence-corrected chi connectivity index (χ1v) is 14.2. The normalized spacial score (nSPS) is 14.5. The van der Waals surface area contributed by atoms with Crippen LogP contribution in [0.4, 0.5) is 0 Å². The van der Waals surface area contributed by atoms with Crippen molar-refractivity contribution in [3.63, 3.8) is 0 Å². The van der Waals surface area contributed by atoms with Gasteiger partial charge >= 0.3 is 9.05 Å². The van der Waals surface area contributed by atoms with E-state index in [9.17, 15) is 0 Å². The molecule has 0 N–H and O–H groups in total. The van der Waals surface area contributed by atoms with Crippen molar-refractivity contribution < 1.29 is 34.2 Å². The molecule has 0 fully saturated rings. The molecule has 0 aliphatic heterocycles. The summed E-state index contributed by atoms with van der Waals surface area (Å²) in [7, 11) is -5.00. The minimum atomic E-state index is -3.65. The zero-order valence-electron chi connectivity index (χ0n) is 19.8. The average Bonchev–Trinajstić information content (AvgIpc) is 2.41. The largest absolute Gasteiger partial charge is 0.584 e. The smallest absolute Gasteiger partial charge is 0.507 e. The fraction of sp³-hybridized carbons (Fsp3) is 1.00. The van der Waals surface area contributed by atoms with E-state index in [1.165, 1.54) is 0 Å². The molecule has 8 nitrogen and oxygen atoms in total. The molecular weight excluding hydrogens is 461 g/mol. The second-order valence-electron chi connectivity index (χ2n) is 10.1. The van der Waals surface area contributed by atoms with Crippen LogP contribution in [0.2, 0.25) is 0 Å². The average molecular weight is 497 g/mol. The van der Waals surface area contributed by atoms with E-state index < -0.39 is 9.05 Å². The van der Waals surface area contributed by atoms with Crippen LogP contribution in [-0.4, -0.2) is 71.5 Å². The molecule has 0 aromatic rings. The van der Waals surface area contributed by atoms with Crippen LogP contribution in [0.5, 0.6) is 0 Å². The highest BCUT2D eigenvalue weighted by Gasteiger charge is 2.27. The molecule has 0 atom stereocenters. The Morgan fingerprint density at radius 1 is 0.379 bits per heavy atom. The molecule has 0 amide bonds. The van der Waals surface area contributed by atoms with E-state index in [-0.39, 0.29) is 62.4 Å². The Hall–Kier alpha value is 0.764. The first-order valence-electron chi connectivity index (χ1n) is 9.27. The van der Waals surface area contributed by atoms with Crippen LogP contribution in [0.25, 0.3) is 0 Å². The molecule has 0 aromatic carbocycles. The molecule has 4 radical (unpaired) electrons. The Morgan fingerprint density at radius 2 is 0.552 bits per heavy atom. The van der Waals surface area contributed by atoms with Crippen LogP contribution in [0, 0.1) is 0 Å². The van der Waals surface area contributed by atoms with Gasteiger partial charge < -0.3 is 34.2 Å². The topological polar surface area (TPSA) is 73.8 Å². The van der Waals surface area contributed by atoms with Crippen LogP contribution < -0.4 is 0 Å². The molecule has 29 heavy (non-hydrogen) atoms. The standard InChI is InChI=1S/C16H36O8Si5/c1-13(2,3)17-25-21-29(22-26-18-14(4,5)6,23-27-19-15(7,8)9)24-28-20-16(10,11)12/h1-12H3/q-4. The molecule has 0 rings (SSSR count). The van der Waals surface area contributed by atoms with Crippen molar-refractivity contribution in [2.24, 2.45) is 0 Å². The summed E-state index contributed by atoms with van der Waals surface area (Å²) >= 11 is 0. The van der Waals surface area contributed by atoms with Crippen molar-refractivity contribution in [3.05, 3.63) is 0 Å². The zero-order chi connectivity index (χ0) is 23.0. The Morgan fingerprint density at radius 3 is 0.690 bits per heavy atom. The van der Waals surface area contributed by atoms with Gasteiger partial charge in [0.2, 0.25) is 0 Å². The third kappa shape index (κ3) is 19.2. The zero-order valence-corrected chi connectivity index (χ0v) is 24.8. The van der Waals surface area contributed by atoms with Crippen molar-refractivity contribution in [2.45, 2.75) is 105 Å². The van der Waals surface area contributed by atoms with E-state index in [1.54, 1.807) is 0 Å².